The second-order valence-electron chi connectivity index (χ2n) is 9.96. The molecule has 0 saturated heterocycles. The van der Waals surface area contributed by atoms with Crippen LogP contribution in [-0.4, -0.2) is 21.8 Å². The van der Waals surface area contributed by atoms with E-state index in [4.69, 9.17) is 9.47 Å². The van der Waals surface area contributed by atoms with E-state index < -0.39 is 21.8 Å². The lowest BCUT2D eigenvalue weighted by Crippen LogP contribution is -2.23. The normalized spacial score (nSPS) is 13.7. The highest BCUT2D eigenvalue weighted by Gasteiger charge is 2.37. The van der Waals surface area contributed by atoms with Crippen LogP contribution in [0.1, 0.15) is 57.5 Å². The molecule has 218 valence electrons. The number of carbonyl (C=O) groups excluding carboxylic acids is 2. The highest BCUT2D eigenvalue weighted by Crippen LogP contribution is 2.47. The van der Waals surface area contributed by atoms with Crippen molar-refractivity contribution in [3.8, 4) is 11.5 Å². The number of nitrogens with zero attached hydrogens (tertiary/aromatic N) is 2. The summed E-state index contributed by atoms with van der Waals surface area (Å²) < 4.78 is 11.5. The fraction of sp³-hybridized carbons (Fsp3) is 0.161. The van der Waals surface area contributed by atoms with Crippen LogP contribution in [0.3, 0.4) is 0 Å². The smallest absolute Gasteiger partial charge is 0.343 e. The molecule has 0 aromatic heterocycles. The van der Waals surface area contributed by atoms with Crippen molar-refractivity contribution < 1.29 is 28.9 Å². The van der Waals surface area contributed by atoms with Gasteiger partial charge in [-0.2, -0.15) is 0 Å². The van der Waals surface area contributed by atoms with Crippen LogP contribution in [0.15, 0.2) is 93.9 Å². The molecule has 4 aromatic carbocycles. The third kappa shape index (κ3) is 6.35. The van der Waals surface area contributed by atoms with Crippen molar-refractivity contribution in [1.29, 1.82) is 0 Å². The van der Waals surface area contributed by atoms with Gasteiger partial charge in [-0.3, -0.25) is 20.2 Å². The first kappa shape index (κ1) is 30.1. The van der Waals surface area contributed by atoms with Gasteiger partial charge in [-0.05, 0) is 104 Å². The Hall–Kier alpha value is -4.42. The van der Waals surface area contributed by atoms with Gasteiger partial charge in [0.1, 0.15) is 11.5 Å². The van der Waals surface area contributed by atoms with Gasteiger partial charge in [0.15, 0.2) is 0 Å². The lowest BCUT2D eigenvalue weighted by molar-refractivity contribution is -0.385. The van der Waals surface area contributed by atoms with E-state index in [0.29, 0.717) is 11.5 Å². The van der Waals surface area contributed by atoms with Crippen molar-refractivity contribution in [3.63, 3.8) is 0 Å². The molecule has 0 amide bonds. The first-order valence-electron chi connectivity index (χ1n) is 13.1. The SMILES string of the molecule is O=C(Oc1ccc(C2(c3ccc(OC(=O)c4ccc(Br)c([N+](=O)[O-])c4)cc3)CCCC2)cc1)c1ccc(Br)c([N+](=O)[O-])c1. The Labute approximate surface area is 262 Å². The Morgan fingerprint density at radius 1 is 0.628 bits per heavy atom. The monoisotopic (exact) mass is 708 g/mol. The minimum atomic E-state index is -0.707. The molecule has 0 unspecified atom stereocenters. The van der Waals surface area contributed by atoms with Crippen LogP contribution in [0, 0.1) is 20.2 Å². The fourth-order valence-corrected chi connectivity index (χ4v) is 6.08. The molecule has 1 saturated carbocycles. The van der Waals surface area contributed by atoms with Gasteiger partial charge in [0.2, 0.25) is 0 Å². The maximum absolute atomic E-state index is 12.7. The van der Waals surface area contributed by atoms with Crippen LogP contribution >= 0.6 is 31.9 Å². The standard InChI is InChI=1S/C31H22Br2N2O8/c32-25-13-3-19(17-27(25)34(38)39)29(36)42-23-9-5-21(6-10-23)31(15-1-2-16-31)22-7-11-24(12-8-22)43-30(37)20-4-14-26(33)28(18-20)35(40)41/h3-14,17-18H,1-2,15-16H2. The largest absolute Gasteiger partial charge is 0.423 e. The molecule has 43 heavy (non-hydrogen) atoms. The van der Waals surface area contributed by atoms with Crippen molar-refractivity contribution in [2.75, 3.05) is 0 Å². The highest BCUT2D eigenvalue weighted by atomic mass is 79.9. The van der Waals surface area contributed by atoms with Crippen LogP contribution in [0.4, 0.5) is 11.4 Å². The molecule has 5 rings (SSSR count). The van der Waals surface area contributed by atoms with E-state index in [0.717, 1.165) is 48.9 Å². The number of benzene rings is 4. The zero-order valence-corrected chi connectivity index (χ0v) is 25.5. The van der Waals surface area contributed by atoms with Crippen molar-refractivity contribution in [1.82, 2.24) is 0 Å². The van der Waals surface area contributed by atoms with Gasteiger partial charge in [-0.25, -0.2) is 9.59 Å². The number of halogens is 2. The molecule has 10 nitrogen and oxygen atoms in total. The van der Waals surface area contributed by atoms with Gasteiger partial charge in [0.25, 0.3) is 11.4 Å². The number of esters is 2. The number of rotatable bonds is 8. The number of nitro benzene ring substituents is 2. The third-order valence-corrected chi connectivity index (χ3v) is 8.79. The van der Waals surface area contributed by atoms with Crippen LogP contribution in [0.25, 0.3) is 0 Å². The van der Waals surface area contributed by atoms with E-state index in [9.17, 15) is 29.8 Å². The molecule has 1 aliphatic rings. The van der Waals surface area contributed by atoms with E-state index >= 15 is 0 Å². The van der Waals surface area contributed by atoms with Crippen LogP contribution in [0.2, 0.25) is 0 Å². The van der Waals surface area contributed by atoms with Crippen molar-refractivity contribution in [2.24, 2.45) is 0 Å². The average molecular weight is 710 g/mol. The number of hydrogen-bond acceptors (Lipinski definition) is 8. The summed E-state index contributed by atoms with van der Waals surface area (Å²) in [7, 11) is 0. The Morgan fingerprint density at radius 3 is 1.35 bits per heavy atom. The number of nitro groups is 2. The summed E-state index contributed by atoms with van der Waals surface area (Å²) in [4.78, 5) is 46.6. The predicted molar refractivity (Wildman–Crippen MR) is 164 cm³/mol. The highest BCUT2D eigenvalue weighted by molar-refractivity contribution is 9.11. The Bertz CT molecular complexity index is 1610. The van der Waals surface area contributed by atoms with E-state index in [-0.39, 0.29) is 36.9 Å². The fourth-order valence-electron chi connectivity index (χ4n) is 5.30. The number of hydrogen-bond donors (Lipinski definition) is 0. The molecule has 0 bridgehead atoms. The molecule has 0 N–H and O–H groups in total. The van der Waals surface area contributed by atoms with Gasteiger partial charge in [0, 0.05) is 17.5 Å². The molecule has 0 radical (unpaired) electrons. The lowest BCUT2D eigenvalue weighted by atomic mass is 9.73. The summed E-state index contributed by atoms with van der Waals surface area (Å²) in [6, 6.07) is 22.5. The van der Waals surface area contributed by atoms with Gasteiger partial charge in [0.05, 0.1) is 29.9 Å². The lowest BCUT2D eigenvalue weighted by Gasteiger charge is -2.30. The number of carbonyl (C=O) groups is 2. The maximum atomic E-state index is 12.7. The summed E-state index contributed by atoms with van der Waals surface area (Å²) >= 11 is 6.21. The molecule has 0 spiro atoms. The van der Waals surface area contributed by atoms with Gasteiger partial charge in [-0.1, -0.05) is 37.1 Å². The summed E-state index contributed by atoms with van der Waals surface area (Å²) in [6.45, 7) is 0. The molecule has 1 aliphatic carbocycles. The quantitative estimate of drug-likeness (QED) is 0.0770. The summed E-state index contributed by atoms with van der Waals surface area (Å²) in [6.07, 6.45) is 3.85. The molecule has 0 atom stereocenters. The summed E-state index contributed by atoms with van der Waals surface area (Å²) in [5, 5.41) is 22.4. The first-order chi connectivity index (χ1) is 20.6. The van der Waals surface area contributed by atoms with E-state index in [1.807, 2.05) is 24.3 Å². The topological polar surface area (TPSA) is 139 Å². The van der Waals surface area contributed by atoms with Crippen molar-refractivity contribution in [2.45, 2.75) is 31.1 Å². The van der Waals surface area contributed by atoms with Gasteiger partial charge < -0.3 is 9.47 Å². The Kier molecular flexibility index (Phi) is 8.69. The second-order valence-corrected chi connectivity index (χ2v) is 11.7. The number of ether oxygens (including phenoxy) is 2. The van der Waals surface area contributed by atoms with Crippen molar-refractivity contribution in [3.05, 3.63) is 136 Å². The average Bonchev–Trinajstić information content (AvgIpc) is 3.49. The molecule has 0 aliphatic heterocycles. The predicted octanol–water partition coefficient (Wildman–Crippen LogP) is 8.33. The summed E-state index contributed by atoms with van der Waals surface area (Å²) in [5.41, 5.74) is 1.45. The van der Waals surface area contributed by atoms with E-state index in [2.05, 4.69) is 31.9 Å². The van der Waals surface area contributed by atoms with E-state index in [1.54, 1.807) is 24.3 Å². The summed E-state index contributed by atoms with van der Waals surface area (Å²) in [5.74, 6) is -0.797. The van der Waals surface area contributed by atoms with Crippen LogP contribution < -0.4 is 9.47 Å². The minimum absolute atomic E-state index is 0.0605. The molecule has 12 heteroatoms. The molecule has 4 aromatic rings. The second kappa shape index (κ2) is 12.4. The Balaban J connectivity index is 1.31. The van der Waals surface area contributed by atoms with Gasteiger partial charge >= 0.3 is 11.9 Å². The third-order valence-electron chi connectivity index (χ3n) is 7.45. The van der Waals surface area contributed by atoms with Crippen LogP contribution in [-0.2, 0) is 5.41 Å². The zero-order valence-electron chi connectivity index (χ0n) is 22.3. The molecule has 1 fully saturated rings. The Morgan fingerprint density at radius 2 is 1.00 bits per heavy atom. The molecular formula is C31H22Br2N2O8. The van der Waals surface area contributed by atoms with Gasteiger partial charge in [-0.15, -0.1) is 0 Å². The minimum Gasteiger partial charge on any atom is -0.423 e. The van der Waals surface area contributed by atoms with Crippen molar-refractivity contribution >= 4 is 55.2 Å². The maximum Gasteiger partial charge on any atom is 0.343 e. The van der Waals surface area contributed by atoms with Crippen LogP contribution in [0.5, 0.6) is 11.5 Å². The first-order valence-corrected chi connectivity index (χ1v) is 14.7. The molecule has 0 heterocycles. The zero-order chi connectivity index (χ0) is 30.7. The van der Waals surface area contributed by atoms with E-state index in [1.165, 1.54) is 24.3 Å². The molecular weight excluding hydrogens is 688 g/mol.